The molecule has 0 radical (unpaired) electrons. The van der Waals surface area contributed by atoms with E-state index in [0.29, 0.717) is 0 Å². The largest absolute Gasteiger partial charge is 0.466 e. The summed E-state index contributed by atoms with van der Waals surface area (Å²) in [6, 6.07) is 45.3. The van der Waals surface area contributed by atoms with Crippen molar-refractivity contribution in [2.75, 3.05) is 4.81 Å². The Balaban J connectivity index is 1.14. The van der Waals surface area contributed by atoms with E-state index in [-0.39, 0.29) is 28.5 Å². The van der Waals surface area contributed by atoms with Gasteiger partial charge >= 0.3 is 6.85 Å². The van der Waals surface area contributed by atoms with Crippen molar-refractivity contribution in [2.24, 2.45) is 0 Å². The molecule has 1 aliphatic carbocycles. The van der Waals surface area contributed by atoms with E-state index in [1.807, 2.05) is 22.7 Å². The van der Waals surface area contributed by atoms with Gasteiger partial charge in [-0.25, -0.2) is 0 Å². The summed E-state index contributed by atoms with van der Waals surface area (Å²) in [5.74, 6) is 0. The van der Waals surface area contributed by atoms with E-state index in [2.05, 4.69) is 194 Å². The van der Waals surface area contributed by atoms with Gasteiger partial charge in [-0.1, -0.05) is 118 Å². The molecule has 4 aromatic heterocycles. The summed E-state index contributed by atoms with van der Waals surface area (Å²) in [6.45, 7) is 23.5. The van der Waals surface area contributed by atoms with Gasteiger partial charge in [-0.3, -0.25) is 0 Å². The molecule has 0 amide bonds. The van der Waals surface area contributed by atoms with Crippen molar-refractivity contribution >= 4 is 125 Å². The SMILES string of the molecule is CC(C)(C)c1ccc(N2B3c4oc5ccc(C(C)(C)C)cc5c4-n4c5cc6c(cc5c5ccc(c3c54)-c3cc4sc5cc7c(cc5c4cc32)C(C)(C)CCC7(C)C)sc2ccccc26)cc1. The molecule has 11 aromatic rings. The number of thiophene rings is 2. The van der Waals surface area contributed by atoms with Crippen LogP contribution in [0.2, 0.25) is 0 Å². The lowest BCUT2D eigenvalue weighted by Gasteiger charge is -2.42. The van der Waals surface area contributed by atoms with Gasteiger partial charge in [-0.05, 0) is 135 Å². The Hall–Kier alpha value is -5.82. The highest BCUT2D eigenvalue weighted by molar-refractivity contribution is 7.26. The van der Waals surface area contributed by atoms with Crippen LogP contribution in [0.1, 0.15) is 104 Å². The van der Waals surface area contributed by atoms with Crippen LogP contribution in [0.25, 0.3) is 89.9 Å². The fourth-order valence-electron chi connectivity index (χ4n) is 12.3. The number of hydrogen-bond acceptors (Lipinski definition) is 4. The fraction of sp³-hybridized carbons (Fsp3) is 0.267. The van der Waals surface area contributed by atoms with Gasteiger partial charge in [0.1, 0.15) is 11.2 Å². The molecule has 0 fully saturated rings. The molecule has 0 bridgehead atoms. The maximum absolute atomic E-state index is 7.43. The topological polar surface area (TPSA) is 21.3 Å². The van der Waals surface area contributed by atoms with Crippen molar-refractivity contribution < 1.29 is 4.42 Å². The molecule has 6 heterocycles. The van der Waals surface area contributed by atoms with E-state index in [0.717, 1.165) is 11.2 Å². The first-order valence-electron chi connectivity index (χ1n) is 23.9. The highest BCUT2D eigenvalue weighted by Crippen LogP contribution is 2.53. The standard InChI is InChI=1S/C60H53BN2OS2/c1-57(2,3)32-15-18-34(19-16-32)63-47-28-42-40-26-44-45(60(9,10)24-23-59(44,7)8)31-52(40)66-51(42)29-38(47)36-20-21-37-39-30-50-41(35-13-11-12-14-49(35)65-50)27-46(39)62-54(37)53(36)61(63)56-55(62)43-25-33(58(4,5)6)17-22-48(43)64-56/h11-22,25-31H,23-24H2,1-10H3. The Morgan fingerprint density at radius 3 is 1.95 bits per heavy atom. The van der Waals surface area contributed by atoms with Gasteiger partial charge in [-0.2, -0.15) is 0 Å². The van der Waals surface area contributed by atoms with E-state index in [4.69, 9.17) is 4.42 Å². The van der Waals surface area contributed by atoms with Crippen LogP contribution in [0, 0.1) is 0 Å². The number of fused-ring (bicyclic) bond motifs is 17. The Kier molecular flexibility index (Phi) is 7.50. The quantitative estimate of drug-likeness (QED) is 0.153. The first kappa shape index (κ1) is 39.4. The first-order chi connectivity index (χ1) is 31.4. The van der Waals surface area contributed by atoms with Crippen LogP contribution in [-0.4, -0.2) is 11.4 Å². The van der Waals surface area contributed by atoms with Crippen LogP contribution in [0.3, 0.4) is 0 Å². The second-order valence-corrected chi connectivity index (χ2v) is 25.4. The Morgan fingerprint density at radius 2 is 1.20 bits per heavy atom. The molecule has 14 rings (SSSR count). The maximum Gasteiger partial charge on any atom is 0.375 e. The Morgan fingerprint density at radius 1 is 0.545 bits per heavy atom. The highest BCUT2D eigenvalue weighted by atomic mass is 32.1. The lowest BCUT2D eigenvalue weighted by Crippen LogP contribution is -2.60. The van der Waals surface area contributed by atoms with Crippen molar-refractivity contribution in [1.29, 1.82) is 0 Å². The normalized spacial score (nSPS) is 16.4. The van der Waals surface area contributed by atoms with Gasteiger partial charge in [0.25, 0.3) is 0 Å². The molecule has 0 N–H and O–H groups in total. The Bertz CT molecular complexity index is 3970. The lowest BCUT2D eigenvalue weighted by molar-refractivity contribution is 0.332. The van der Waals surface area contributed by atoms with E-state index in [1.54, 1.807) is 0 Å². The van der Waals surface area contributed by atoms with Gasteiger partial charge in [0.2, 0.25) is 0 Å². The first-order valence-corrected chi connectivity index (χ1v) is 25.5. The average molecular weight is 893 g/mol. The third-order valence-electron chi connectivity index (χ3n) is 16.1. The summed E-state index contributed by atoms with van der Waals surface area (Å²) in [5, 5.41) is 9.11. The molecule has 324 valence electrons. The molecule has 0 saturated carbocycles. The predicted molar refractivity (Wildman–Crippen MR) is 288 cm³/mol. The second-order valence-electron chi connectivity index (χ2n) is 23.2. The zero-order chi connectivity index (χ0) is 45.1. The summed E-state index contributed by atoms with van der Waals surface area (Å²) in [6.07, 6.45) is 2.41. The summed E-state index contributed by atoms with van der Waals surface area (Å²) in [7, 11) is 0. The zero-order valence-corrected chi connectivity index (χ0v) is 41.2. The molecular weight excluding hydrogens is 840 g/mol. The van der Waals surface area contributed by atoms with Crippen LogP contribution in [0.5, 0.6) is 0 Å². The number of anilines is 2. The lowest BCUT2D eigenvalue weighted by atomic mass is 9.46. The second kappa shape index (κ2) is 12.6. The summed E-state index contributed by atoms with van der Waals surface area (Å²) < 4.78 is 15.4. The molecule has 3 aliphatic rings. The summed E-state index contributed by atoms with van der Waals surface area (Å²) in [4.78, 5) is 2.65. The van der Waals surface area contributed by atoms with Crippen LogP contribution in [0.4, 0.5) is 11.4 Å². The smallest absolute Gasteiger partial charge is 0.375 e. The number of nitrogens with zero attached hydrogens (tertiary/aromatic N) is 2. The van der Waals surface area contributed by atoms with Gasteiger partial charge < -0.3 is 13.8 Å². The van der Waals surface area contributed by atoms with Crippen molar-refractivity contribution in [3.05, 3.63) is 138 Å². The molecule has 0 saturated heterocycles. The minimum absolute atomic E-state index is 0.0296. The zero-order valence-electron chi connectivity index (χ0n) is 39.6. The fourth-order valence-corrected chi connectivity index (χ4v) is 14.6. The van der Waals surface area contributed by atoms with Crippen molar-refractivity contribution in [3.63, 3.8) is 0 Å². The van der Waals surface area contributed by atoms with Crippen molar-refractivity contribution in [3.8, 4) is 16.8 Å². The molecule has 0 unspecified atom stereocenters. The van der Waals surface area contributed by atoms with E-state index in [9.17, 15) is 0 Å². The number of rotatable bonds is 1. The van der Waals surface area contributed by atoms with E-state index < -0.39 is 0 Å². The van der Waals surface area contributed by atoms with Crippen LogP contribution >= 0.6 is 22.7 Å². The van der Waals surface area contributed by atoms with Crippen LogP contribution in [0.15, 0.2) is 120 Å². The number of hydrogen-bond donors (Lipinski definition) is 0. The monoisotopic (exact) mass is 892 g/mol. The number of aromatic nitrogens is 1. The molecule has 2 aliphatic heterocycles. The maximum atomic E-state index is 7.43. The highest BCUT2D eigenvalue weighted by Gasteiger charge is 2.48. The molecule has 6 heteroatoms. The van der Waals surface area contributed by atoms with Crippen molar-refractivity contribution in [1.82, 2.24) is 4.57 Å². The Labute approximate surface area is 394 Å². The molecule has 66 heavy (non-hydrogen) atoms. The summed E-state index contributed by atoms with van der Waals surface area (Å²) >= 11 is 3.87. The van der Waals surface area contributed by atoms with Gasteiger partial charge in [0.05, 0.1) is 16.7 Å². The average Bonchev–Trinajstić information content (AvgIpc) is 4.03. The predicted octanol–water partition coefficient (Wildman–Crippen LogP) is 16.4. The third-order valence-corrected chi connectivity index (χ3v) is 18.4. The van der Waals surface area contributed by atoms with Crippen LogP contribution in [-0.2, 0) is 21.7 Å². The molecule has 0 atom stereocenters. The molecule has 3 nitrogen and oxygen atoms in total. The van der Waals surface area contributed by atoms with Gasteiger partial charge in [-0.15, -0.1) is 22.7 Å². The number of furan rings is 1. The molecule has 0 spiro atoms. The third kappa shape index (κ3) is 5.15. The van der Waals surface area contributed by atoms with Gasteiger partial charge in [0.15, 0.2) is 0 Å². The van der Waals surface area contributed by atoms with Gasteiger partial charge in [0, 0.05) is 73.4 Å². The molecule has 7 aromatic carbocycles. The van der Waals surface area contributed by atoms with Crippen molar-refractivity contribution in [2.45, 2.75) is 104 Å². The molecular formula is C60H53BN2OS2. The minimum Gasteiger partial charge on any atom is -0.466 e. The summed E-state index contributed by atoms with van der Waals surface area (Å²) in [5.41, 5.74) is 17.9. The van der Waals surface area contributed by atoms with E-state index >= 15 is 0 Å². The van der Waals surface area contributed by atoms with E-state index in [1.165, 1.54) is 136 Å². The number of benzene rings is 7. The van der Waals surface area contributed by atoms with Crippen LogP contribution < -0.4 is 15.9 Å². The minimum atomic E-state index is -0.203.